The van der Waals surface area contributed by atoms with E-state index in [1.165, 1.54) is 44.2 Å². The molecule has 0 saturated carbocycles. The molecule has 1 heterocycles. The van der Waals surface area contributed by atoms with Crippen molar-refractivity contribution >= 4 is 38.9 Å². The Balaban J connectivity index is 1.43. The molecule has 208 valence electrons. The van der Waals surface area contributed by atoms with Gasteiger partial charge >= 0.3 is 0 Å². The van der Waals surface area contributed by atoms with Crippen LogP contribution >= 0.6 is 0 Å². The second-order valence-corrected chi connectivity index (χ2v) is 11.1. The molecule has 1 aromatic heterocycles. The number of H-pyrrole nitrogens is 1. The summed E-state index contributed by atoms with van der Waals surface area (Å²) in [6.07, 6.45) is 0. The number of rotatable bonds is 6. The summed E-state index contributed by atoms with van der Waals surface area (Å²) in [5, 5.41) is 2.45. The van der Waals surface area contributed by atoms with Gasteiger partial charge in [-0.2, -0.15) is 0 Å². The third-order valence-corrected chi connectivity index (χ3v) is 8.41. The normalized spacial score (nSPS) is 11.2. The molecule has 8 rings (SSSR count). The highest BCUT2D eigenvalue weighted by molar-refractivity contribution is 6.18. The van der Waals surface area contributed by atoms with Crippen LogP contribution in [0.2, 0.25) is 0 Å². The van der Waals surface area contributed by atoms with Gasteiger partial charge in [-0.25, -0.2) is 0 Å². The Morgan fingerprint density at radius 2 is 0.932 bits per heavy atom. The Hall–Kier alpha value is -5.86. The van der Waals surface area contributed by atoms with Crippen LogP contribution in [0.5, 0.6) is 0 Å². The molecular weight excluding hydrogens is 532 g/mol. The number of benzene rings is 7. The molecule has 8 aromatic rings. The molecule has 0 fully saturated rings. The first kappa shape index (κ1) is 25.8. The minimum Gasteiger partial charge on any atom is -0.354 e. The van der Waals surface area contributed by atoms with E-state index in [-0.39, 0.29) is 0 Å². The summed E-state index contributed by atoms with van der Waals surface area (Å²) in [6.45, 7) is 0. The second-order valence-electron chi connectivity index (χ2n) is 11.1. The maximum Gasteiger partial charge on any atom is 0.0548 e. The van der Waals surface area contributed by atoms with Gasteiger partial charge in [0.1, 0.15) is 0 Å². The first-order valence-corrected chi connectivity index (χ1v) is 15.0. The van der Waals surface area contributed by atoms with Crippen molar-refractivity contribution < 1.29 is 0 Å². The number of nitrogens with zero attached hydrogens (tertiary/aromatic N) is 1. The summed E-state index contributed by atoms with van der Waals surface area (Å²) >= 11 is 0. The number of para-hydroxylation sites is 2. The lowest BCUT2D eigenvalue weighted by Crippen LogP contribution is -2.12. The minimum atomic E-state index is 1.10. The largest absolute Gasteiger partial charge is 0.354 e. The summed E-state index contributed by atoms with van der Waals surface area (Å²) in [6, 6.07) is 62.8. The Bertz CT molecular complexity index is 2200. The summed E-state index contributed by atoms with van der Waals surface area (Å²) in [5.41, 5.74) is 12.8. The van der Waals surface area contributed by atoms with E-state index in [1.54, 1.807) is 0 Å². The maximum absolute atomic E-state index is 3.68. The molecule has 44 heavy (non-hydrogen) atoms. The Labute approximate surface area is 257 Å². The van der Waals surface area contributed by atoms with Gasteiger partial charge < -0.3 is 9.88 Å². The number of nitrogens with one attached hydrogen (secondary N) is 1. The highest BCUT2D eigenvalue weighted by Crippen LogP contribution is 2.48. The summed E-state index contributed by atoms with van der Waals surface area (Å²) in [5.74, 6) is 0. The van der Waals surface area contributed by atoms with Crippen molar-refractivity contribution in [2.24, 2.45) is 0 Å². The Morgan fingerprint density at radius 1 is 0.364 bits per heavy atom. The highest BCUT2D eigenvalue weighted by atomic mass is 15.1. The minimum absolute atomic E-state index is 1.10. The lowest BCUT2D eigenvalue weighted by molar-refractivity contribution is 1.29. The van der Waals surface area contributed by atoms with Crippen LogP contribution in [-0.2, 0) is 0 Å². The van der Waals surface area contributed by atoms with E-state index >= 15 is 0 Å². The number of hydrogen-bond acceptors (Lipinski definition) is 1. The Morgan fingerprint density at radius 3 is 1.66 bits per heavy atom. The highest BCUT2D eigenvalue weighted by Gasteiger charge is 2.23. The van der Waals surface area contributed by atoms with Gasteiger partial charge in [-0.1, -0.05) is 140 Å². The lowest BCUT2D eigenvalue weighted by atomic mass is 9.95. The van der Waals surface area contributed by atoms with Crippen molar-refractivity contribution in [2.45, 2.75) is 0 Å². The zero-order chi connectivity index (χ0) is 29.3. The SMILES string of the molecule is c1ccc(-c2ccc(N(c3ccccc3-c3ccccc3)c3ccc4[nH]c5ccccc5c4c3-c3ccccc3)cc2)cc1. The maximum atomic E-state index is 3.68. The second kappa shape index (κ2) is 11.1. The van der Waals surface area contributed by atoms with Crippen molar-refractivity contribution in [3.05, 3.63) is 176 Å². The molecule has 2 nitrogen and oxygen atoms in total. The fraction of sp³-hybridized carbons (Fsp3) is 0. The quantitative estimate of drug-likeness (QED) is 0.214. The van der Waals surface area contributed by atoms with E-state index in [1.807, 2.05) is 0 Å². The van der Waals surface area contributed by atoms with Crippen LogP contribution in [0.3, 0.4) is 0 Å². The molecule has 0 aliphatic rings. The molecule has 0 bridgehead atoms. The van der Waals surface area contributed by atoms with Gasteiger partial charge in [0.05, 0.1) is 11.4 Å². The number of anilines is 3. The molecular formula is C42H30N2. The molecule has 0 spiro atoms. The van der Waals surface area contributed by atoms with Gasteiger partial charge in [-0.3, -0.25) is 0 Å². The molecule has 2 heteroatoms. The van der Waals surface area contributed by atoms with Crippen molar-refractivity contribution in [2.75, 3.05) is 4.90 Å². The summed E-state index contributed by atoms with van der Waals surface area (Å²) < 4.78 is 0. The molecule has 0 saturated heterocycles. The zero-order valence-corrected chi connectivity index (χ0v) is 24.2. The monoisotopic (exact) mass is 562 g/mol. The van der Waals surface area contributed by atoms with Gasteiger partial charge in [-0.15, -0.1) is 0 Å². The van der Waals surface area contributed by atoms with Gasteiger partial charge in [0.2, 0.25) is 0 Å². The van der Waals surface area contributed by atoms with Crippen molar-refractivity contribution in [3.63, 3.8) is 0 Å². The predicted octanol–water partition coefficient (Wildman–Crippen LogP) is 11.8. The van der Waals surface area contributed by atoms with Crippen LogP contribution in [-0.4, -0.2) is 4.98 Å². The van der Waals surface area contributed by atoms with E-state index in [0.29, 0.717) is 0 Å². The first-order valence-electron chi connectivity index (χ1n) is 15.0. The number of aromatic nitrogens is 1. The van der Waals surface area contributed by atoms with Crippen LogP contribution in [0.1, 0.15) is 0 Å². The predicted molar refractivity (Wildman–Crippen MR) is 187 cm³/mol. The number of fused-ring (bicyclic) bond motifs is 3. The van der Waals surface area contributed by atoms with E-state index in [0.717, 1.165) is 28.1 Å². The fourth-order valence-corrected chi connectivity index (χ4v) is 6.39. The molecule has 0 unspecified atom stereocenters. The van der Waals surface area contributed by atoms with Crippen molar-refractivity contribution in [3.8, 4) is 33.4 Å². The topological polar surface area (TPSA) is 19.0 Å². The average molecular weight is 563 g/mol. The molecule has 7 aromatic carbocycles. The third kappa shape index (κ3) is 4.54. The van der Waals surface area contributed by atoms with Crippen molar-refractivity contribution in [1.29, 1.82) is 0 Å². The van der Waals surface area contributed by atoms with Crippen LogP contribution in [0.25, 0.3) is 55.2 Å². The third-order valence-electron chi connectivity index (χ3n) is 8.41. The molecule has 0 radical (unpaired) electrons. The number of hydrogen-bond donors (Lipinski definition) is 1. The van der Waals surface area contributed by atoms with E-state index in [9.17, 15) is 0 Å². The van der Waals surface area contributed by atoms with Crippen molar-refractivity contribution in [1.82, 2.24) is 4.98 Å². The standard InChI is InChI=1S/C42H30N2/c1-4-14-30(15-5-1)31-24-26-34(27-25-31)44(39-23-13-11-20-35(39)32-16-6-2-7-17-32)40-29-28-38-42(36-21-10-12-22-37(36)43-38)41(40)33-18-8-3-9-19-33/h1-29,43H. The van der Waals surface area contributed by atoms with E-state index in [4.69, 9.17) is 0 Å². The number of aromatic amines is 1. The van der Waals surface area contributed by atoms with E-state index < -0.39 is 0 Å². The molecule has 0 amide bonds. The van der Waals surface area contributed by atoms with Crippen LogP contribution in [0, 0.1) is 0 Å². The van der Waals surface area contributed by atoms with Gasteiger partial charge in [0, 0.05) is 38.6 Å². The van der Waals surface area contributed by atoms with Crippen LogP contribution in [0.4, 0.5) is 17.1 Å². The van der Waals surface area contributed by atoms with Gasteiger partial charge in [-0.05, 0) is 58.7 Å². The molecule has 0 aliphatic heterocycles. The van der Waals surface area contributed by atoms with Gasteiger partial charge in [0.25, 0.3) is 0 Å². The first-order chi connectivity index (χ1) is 21.8. The molecule has 0 atom stereocenters. The molecule has 1 N–H and O–H groups in total. The zero-order valence-electron chi connectivity index (χ0n) is 24.2. The van der Waals surface area contributed by atoms with Crippen LogP contribution in [0.15, 0.2) is 176 Å². The smallest absolute Gasteiger partial charge is 0.0548 e. The van der Waals surface area contributed by atoms with E-state index in [2.05, 4.69) is 186 Å². The fourth-order valence-electron chi connectivity index (χ4n) is 6.39. The van der Waals surface area contributed by atoms with Crippen LogP contribution < -0.4 is 4.90 Å². The Kier molecular flexibility index (Phi) is 6.51. The van der Waals surface area contributed by atoms with Gasteiger partial charge in [0.15, 0.2) is 0 Å². The summed E-state index contributed by atoms with van der Waals surface area (Å²) in [7, 11) is 0. The molecule has 0 aliphatic carbocycles. The lowest BCUT2D eigenvalue weighted by Gasteiger charge is -2.30. The summed E-state index contributed by atoms with van der Waals surface area (Å²) in [4.78, 5) is 6.11. The average Bonchev–Trinajstić information content (AvgIpc) is 3.49.